The molecule has 128 valence electrons. The number of imidazole rings is 1. The van der Waals surface area contributed by atoms with E-state index in [4.69, 9.17) is 9.84 Å². The van der Waals surface area contributed by atoms with Crippen LogP contribution < -0.4 is 5.32 Å². The fourth-order valence-electron chi connectivity index (χ4n) is 2.20. The standard InChI is InChI=1S/C16H15N5O4/c1-10(15(22)23)21-9-19-12-13(17-8-18-14(12)21)20-16(24)25-7-11-5-3-2-4-6-11/h2-6,8-10H,7H2,1H3,(H,22,23)(H,17,18,20,24). The van der Waals surface area contributed by atoms with Crippen LogP contribution in [-0.2, 0) is 16.1 Å². The van der Waals surface area contributed by atoms with Gasteiger partial charge in [0.05, 0.1) is 6.33 Å². The molecule has 3 aromatic rings. The highest BCUT2D eigenvalue weighted by Crippen LogP contribution is 2.21. The maximum atomic E-state index is 12.0. The average Bonchev–Trinajstić information content (AvgIpc) is 3.05. The molecular formula is C16H15N5O4. The summed E-state index contributed by atoms with van der Waals surface area (Å²) in [5.74, 6) is -0.867. The van der Waals surface area contributed by atoms with Gasteiger partial charge in [-0.2, -0.15) is 0 Å². The first-order valence-corrected chi connectivity index (χ1v) is 7.44. The van der Waals surface area contributed by atoms with Crippen LogP contribution in [0.2, 0.25) is 0 Å². The SMILES string of the molecule is CC(C(=O)O)n1cnc2c(NC(=O)OCc3ccccc3)ncnc21. The third-order valence-corrected chi connectivity index (χ3v) is 3.57. The largest absolute Gasteiger partial charge is 0.480 e. The molecule has 3 rings (SSSR count). The number of nitrogens with one attached hydrogen (secondary N) is 1. The molecule has 1 atom stereocenters. The summed E-state index contributed by atoms with van der Waals surface area (Å²) in [5.41, 5.74) is 1.44. The summed E-state index contributed by atoms with van der Waals surface area (Å²) in [5, 5.41) is 11.6. The van der Waals surface area contributed by atoms with Gasteiger partial charge in [0.25, 0.3) is 0 Å². The van der Waals surface area contributed by atoms with Crippen LogP contribution in [0.25, 0.3) is 11.2 Å². The second-order valence-corrected chi connectivity index (χ2v) is 5.25. The number of aliphatic carboxylic acids is 1. The van der Waals surface area contributed by atoms with Crippen molar-refractivity contribution in [2.24, 2.45) is 0 Å². The van der Waals surface area contributed by atoms with Crippen LogP contribution in [0.1, 0.15) is 18.5 Å². The lowest BCUT2D eigenvalue weighted by Crippen LogP contribution is -2.16. The van der Waals surface area contributed by atoms with Crippen molar-refractivity contribution in [1.29, 1.82) is 0 Å². The molecule has 0 aliphatic carbocycles. The van der Waals surface area contributed by atoms with Gasteiger partial charge in [0.1, 0.15) is 19.0 Å². The minimum absolute atomic E-state index is 0.116. The van der Waals surface area contributed by atoms with Crippen LogP contribution in [0, 0.1) is 0 Å². The minimum Gasteiger partial charge on any atom is -0.480 e. The molecule has 0 bridgehead atoms. The Balaban J connectivity index is 1.75. The van der Waals surface area contributed by atoms with Crippen LogP contribution in [-0.4, -0.2) is 36.7 Å². The quantitative estimate of drug-likeness (QED) is 0.730. The van der Waals surface area contributed by atoms with Gasteiger partial charge in [0.2, 0.25) is 0 Å². The summed E-state index contributed by atoms with van der Waals surface area (Å²) in [6.07, 6.45) is 1.88. The van der Waals surface area contributed by atoms with E-state index in [0.29, 0.717) is 5.65 Å². The highest BCUT2D eigenvalue weighted by molar-refractivity contribution is 5.93. The highest BCUT2D eigenvalue weighted by Gasteiger charge is 2.19. The molecule has 9 heteroatoms. The van der Waals surface area contributed by atoms with Crippen LogP contribution in [0.5, 0.6) is 0 Å². The number of carboxylic acids is 1. The van der Waals surface area contributed by atoms with E-state index in [0.717, 1.165) is 5.56 Å². The number of ether oxygens (including phenoxy) is 1. The molecule has 25 heavy (non-hydrogen) atoms. The van der Waals surface area contributed by atoms with Gasteiger partial charge in [-0.15, -0.1) is 0 Å². The molecule has 0 saturated heterocycles. The topological polar surface area (TPSA) is 119 Å². The lowest BCUT2D eigenvalue weighted by molar-refractivity contribution is -0.140. The first-order valence-electron chi connectivity index (χ1n) is 7.44. The van der Waals surface area contributed by atoms with Crippen molar-refractivity contribution in [3.63, 3.8) is 0 Å². The van der Waals surface area contributed by atoms with Crippen LogP contribution in [0.4, 0.5) is 10.6 Å². The van der Waals surface area contributed by atoms with Crippen molar-refractivity contribution < 1.29 is 19.4 Å². The van der Waals surface area contributed by atoms with Crippen LogP contribution in [0.15, 0.2) is 43.0 Å². The summed E-state index contributed by atoms with van der Waals surface area (Å²) in [6, 6.07) is 8.39. The molecule has 2 aromatic heterocycles. The van der Waals surface area contributed by atoms with Gasteiger partial charge in [0.15, 0.2) is 17.0 Å². The summed E-state index contributed by atoms with van der Waals surface area (Å²) >= 11 is 0. The minimum atomic E-state index is -1.02. The third-order valence-electron chi connectivity index (χ3n) is 3.57. The van der Waals surface area contributed by atoms with Crippen molar-refractivity contribution >= 4 is 29.0 Å². The first-order chi connectivity index (χ1) is 12.1. The van der Waals surface area contributed by atoms with Crippen molar-refractivity contribution in [3.8, 4) is 0 Å². The Hall–Kier alpha value is -3.49. The number of anilines is 1. The number of benzene rings is 1. The fraction of sp³-hybridized carbons (Fsp3) is 0.188. The zero-order valence-corrected chi connectivity index (χ0v) is 13.3. The Morgan fingerprint density at radius 1 is 1.24 bits per heavy atom. The van der Waals surface area contributed by atoms with E-state index in [1.807, 2.05) is 30.3 Å². The number of carbonyl (C=O) groups excluding carboxylic acids is 1. The van der Waals surface area contributed by atoms with E-state index < -0.39 is 18.1 Å². The predicted octanol–water partition coefficient (Wildman–Crippen LogP) is 2.22. The fourth-order valence-corrected chi connectivity index (χ4v) is 2.20. The van der Waals surface area contributed by atoms with Gasteiger partial charge >= 0.3 is 12.1 Å². The molecule has 9 nitrogen and oxygen atoms in total. The summed E-state index contributed by atoms with van der Waals surface area (Å²) in [6.45, 7) is 1.62. The second-order valence-electron chi connectivity index (χ2n) is 5.25. The van der Waals surface area contributed by atoms with E-state index in [9.17, 15) is 9.59 Å². The molecule has 0 aliphatic rings. The molecule has 1 unspecified atom stereocenters. The van der Waals surface area contributed by atoms with Crippen molar-refractivity contribution in [3.05, 3.63) is 48.5 Å². The average molecular weight is 341 g/mol. The molecule has 2 heterocycles. The molecular weight excluding hydrogens is 326 g/mol. The van der Waals surface area contributed by atoms with Crippen LogP contribution in [0.3, 0.4) is 0 Å². The molecule has 0 radical (unpaired) electrons. The molecule has 0 saturated carbocycles. The normalized spacial score (nSPS) is 11.9. The van der Waals surface area contributed by atoms with Crippen molar-refractivity contribution in [1.82, 2.24) is 19.5 Å². The van der Waals surface area contributed by atoms with Crippen molar-refractivity contribution in [2.45, 2.75) is 19.6 Å². The van der Waals surface area contributed by atoms with E-state index in [2.05, 4.69) is 20.3 Å². The Labute approximate surface area is 142 Å². The van der Waals surface area contributed by atoms with Crippen LogP contribution >= 0.6 is 0 Å². The number of amides is 1. The number of rotatable bonds is 5. The number of fused-ring (bicyclic) bond motifs is 1. The van der Waals surface area contributed by atoms with Gasteiger partial charge in [0, 0.05) is 0 Å². The predicted molar refractivity (Wildman–Crippen MR) is 87.9 cm³/mol. The maximum Gasteiger partial charge on any atom is 0.413 e. The number of carbonyl (C=O) groups is 2. The van der Waals surface area contributed by atoms with Crippen molar-refractivity contribution in [2.75, 3.05) is 5.32 Å². The molecule has 1 aromatic carbocycles. The zero-order valence-electron chi connectivity index (χ0n) is 13.3. The Morgan fingerprint density at radius 2 is 2.00 bits per heavy atom. The molecule has 2 N–H and O–H groups in total. The van der Waals surface area contributed by atoms with Gasteiger partial charge in [-0.1, -0.05) is 30.3 Å². The van der Waals surface area contributed by atoms with E-state index in [-0.39, 0.29) is 17.9 Å². The van der Waals surface area contributed by atoms with E-state index in [1.165, 1.54) is 24.1 Å². The number of nitrogens with zero attached hydrogens (tertiary/aromatic N) is 4. The Kier molecular flexibility index (Phi) is 4.55. The lowest BCUT2D eigenvalue weighted by Gasteiger charge is -2.09. The molecule has 0 aliphatic heterocycles. The van der Waals surface area contributed by atoms with Gasteiger partial charge in [-0.25, -0.2) is 24.5 Å². The zero-order chi connectivity index (χ0) is 17.8. The number of hydrogen-bond donors (Lipinski definition) is 2. The number of aromatic nitrogens is 4. The summed E-state index contributed by atoms with van der Waals surface area (Å²) in [7, 11) is 0. The summed E-state index contributed by atoms with van der Waals surface area (Å²) < 4.78 is 6.52. The Morgan fingerprint density at radius 3 is 2.72 bits per heavy atom. The van der Waals surface area contributed by atoms with E-state index in [1.54, 1.807) is 0 Å². The third kappa shape index (κ3) is 3.55. The van der Waals surface area contributed by atoms with Gasteiger partial charge in [-0.3, -0.25) is 5.32 Å². The van der Waals surface area contributed by atoms with E-state index >= 15 is 0 Å². The lowest BCUT2D eigenvalue weighted by atomic mass is 10.2. The maximum absolute atomic E-state index is 12.0. The first kappa shape index (κ1) is 16.4. The molecule has 1 amide bonds. The smallest absolute Gasteiger partial charge is 0.413 e. The number of carboxylic acid groups (broad SMARTS) is 1. The van der Waals surface area contributed by atoms with Gasteiger partial charge < -0.3 is 14.4 Å². The molecule has 0 spiro atoms. The monoisotopic (exact) mass is 341 g/mol. The number of hydrogen-bond acceptors (Lipinski definition) is 6. The van der Waals surface area contributed by atoms with Gasteiger partial charge in [-0.05, 0) is 12.5 Å². The second kappa shape index (κ2) is 6.95. The Bertz CT molecular complexity index is 909. The summed E-state index contributed by atoms with van der Waals surface area (Å²) in [4.78, 5) is 35.2. The molecule has 0 fully saturated rings. The highest BCUT2D eigenvalue weighted by atomic mass is 16.5.